The molecule has 0 aromatic heterocycles. The Hall–Kier alpha value is -2.86. The van der Waals surface area contributed by atoms with Gasteiger partial charge in [-0.2, -0.15) is 0 Å². The van der Waals surface area contributed by atoms with Crippen molar-refractivity contribution in [1.29, 1.82) is 0 Å². The molecule has 0 N–H and O–H groups in total. The summed E-state index contributed by atoms with van der Waals surface area (Å²) in [6.45, 7) is 2.18. The van der Waals surface area contributed by atoms with Crippen LogP contribution in [0.25, 0.3) is 24.3 Å². The molecule has 0 heterocycles. The predicted octanol–water partition coefficient (Wildman–Crippen LogP) is 6.59. The molecule has 3 aromatic carbocycles. The molecule has 0 spiro atoms. The third-order valence-corrected chi connectivity index (χ3v) is 4.06. The second-order valence-electron chi connectivity index (χ2n) is 5.84. The van der Waals surface area contributed by atoms with Crippen LogP contribution in [0.3, 0.4) is 0 Å². The van der Waals surface area contributed by atoms with E-state index in [0.717, 1.165) is 6.42 Å². The molecule has 0 unspecified atom stereocenters. The molecule has 0 fully saturated rings. The Morgan fingerprint density at radius 1 is 0.500 bits per heavy atom. The van der Waals surface area contributed by atoms with E-state index in [1.807, 2.05) is 6.07 Å². The predicted molar refractivity (Wildman–Crippen MR) is 107 cm³/mol. The molecule has 0 atom stereocenters. The lowest BCUT2D eigenvalue weighted by atomic mass is 10.1. The molecular formula is C24H22. The monoisotopic (exact) mass is 310 g/mol. The zero-order chi connectivity index (χ0) is 16.6. The van der Waals surface area contributed by atoms with E-state index in [1.165, 1.54) is 27.8 Å². The molecule has 0 heteroatoms. The summed E-state index contributed by atoms with van der Waals surface area (Å²) in [6.07, 6.45) is 9.69. The highest BCUT2D eigenvalue weighted by Crippen LogP contribution is 2.13. The van der Waals surface area contributed by atoms with Gasteiger partial charge < -0.3 is 0 Å². The van der Waals surface area contributed by atoms with Gasteiger partial charge in [-0.05, 0) is 34.2 Å². The standard InChI is InChI=1S/C24H22/c1-2-20-8-10-22(11-9-20)14-15-24-18-16-23(17-19-24)13-12-21-6-4-3-5-7-21/h3-19H,2H2,1H3/b13-12-,15-14+. The SMILES string of the molecule is CCc1ccc(/C=C/c2ccc(/C=C\c3ccccc3)cc2)cc1. The number of aryl methyl sites for hydroxylation is 1. The van der Waals surface area contributed by atoms with Crippen molar-refractivity contribution in [3.05, 3.63) is 107 Å². The Morgan fingerprint density at radius 3 is 1.29 bits per heavy atom. The molecule has 0 amide bonds. The summed E-state index contributed by atoms with van der Waals surface area (Å²) < 4.78 is 0. The minimum atomic E-state index is 1.09. The summed E-state index contributed by atoms with van der Waals surface area (Å²) in [5, 5.41) is 0. The van der Waals surface area contributed by atoms with Gasteiger partial charge in [-0.25, -0.2) is 0 Å². The zero-order valence-electron chi connectivity index (χ0n) is 14.0. The smallest absolute Gasteiger partial charge is 0.0256 e. The van der Waals surface area contributed by atoms with Crippen LogP contribution in [-0.4, -0.2) is 0 Å². The van der Waals surface area contributed by atoms with E-state index in [9.17, 15) is 0 Å². The first kappa shape index (κ1) is 16.0. The molecule has 0 aliphatic carbocycles. The molecule has 0 radical (unpaired) electrons. The van der Waals surface area contributed by atoms with Crippen molar-refractivity contribution >= 4 is 24.3 Å². The van der Waals surface area contributed by atoms with Crippen molar-refractivity contribution in [1.82, 2.24) is 0 Å². The minimum Gasteiger partial charge on any atom is -0.0622 e. The summed E-state index contributed by atoms with van der Waals surface area (Å²) in [7, 11) is 0. The van der Waals surface area contributed by atoms with E-state index in [-0.39, 0.29) is 0 Å². The largest absolute Gasteiger partial charge is 0.0622 e. The molecule has 24 heavy (non-hydrogen) atoms. The molecule has 3 rings (SSSR count). The van der Waals surface area contributed by atoms with Crippen LogP contribution in [0.15, 0.2) is 78.9 Å². The number of benzene rings is 3. The van der Waals surface area contributed by atoms with Crippen LogP contribution < -0.4 is 0 Å². The fraction of sp³-hybridized carbons (Fsp3) is 0.0833. The van der Waals surface area contributed by atoms with E-state index in [0.29, 0.717) is 0 Å². The maximum atomic E-state index is 2.19. The third-order valence-electron chi connectivity index (χ3n) is 4.06. The molecule has 0 bridgehead atoms. The van der Waals surface area contributed by atoms with Gasteiger partial charge in [-0.3, -0.25) is 0 Å². The highest BCUT2D eigenvalue weighted by atomic mass is 14.0. The Morgan fingerprint density at radius 2 is 0.875 bits per heavy atom. The molecule has 0 nitrogen and oxygen atoms in total. The van der Waals surface area contributed by atoms with Crippen LogP contribution in [-0.2, 0) is 6.42 Å². The van der Waals surface area contributed by atoms with Crippen LogP contribution in [0.5, 0.6) is 0 Å². The summed E-state index contributed by atoms with van der Waals surface area (Å²) in [4.78, 5) is 0. The van der Waals surface area contributed by atoms with Crippen molar-refractivity contribution < 1.29 is 0 Å². The van der Waals surface area contributed by atoms with Gasteiger partial charge in [-0.1, -0.05) is 110 Å². The maximum Gasteiger partial charge on any atom is -0.0256 e. The van der Waals surface area contributed by atoms with Gasteiger partial charge in [0.25, 0.3) is 0 Å². The van der Waals surface area contributed by atoms with Gasteiger partial charge in [-0.15, -0.1) is 0 Å². The van der Waals surface area contributed by atoms with Crippen LogP contribution >= 0.6 is 0 Å². The van der Waals surface area contributed by atoms with Gasteiger partial charge in [0.05, 0.1) is 0 Å². The van der Waals surface area contributed by atoms with E-state index < -0.39 is 0 Å². The summed E-state index contributed by atoms with van der Waals surface area (Å²) >= 11 is 0. The normalized spacial score (nSPS) is 11.4. The first-order chi connectivity index (χ1) is 11.8. The summed E-state index contributed by atoms with van der Waals surface area (Å²) in [5.41, 5.74) is 6.26. The van der Waals surface area contributed by atoms with E-state index in [2.05, 4.69) is 104 Å². The lowest BCUT2D eigenvalue weighted by Gasteiger charge is -1.99. The van der Waals surface area contributed by atoms with Crippen LogP contribution in [0.2, 0.25) is 0 Å². The lowest BCUT2D eigenvalue weighted by Crippen LogP contribution is -1.79. The Bertz CT molecular complexity index is 804. The average molecular weight is 310 g/mol. The molecular weight excluding hydrogens is 288 g/mol. The molecule has 0 aliphatic heterocycles. The highest BCUT2D eigenvalue weighted by molar-refractivity contribution is 5.73. The molecule has 3 aromatic rings. The summed E-state index contributed by atoms with van der Waals surface area (Å²) in [5.74, 6) is 0. The first-order valence-corrected chi connectivity index (χ1v) is 8.44. The zero-order valence-corrected chi connectivity index (χ0v) is 14.0. The van der Waals surface area contributed by atoms with Gasteiger partial charge in [0.2, 0.25) is 0 Å². The highest BCUT2D eigenvalue weighted by Gasteiger charge is 1.92. The molecule has 0 saturated carbocycles. The van der Waals surface area contributed by atoms with Crippen molar-refractivity contribution in [3.8, 4) is 0 Å². The quantitative estimate of drug-likeness (QED) is 0.466. The molecule has 0 aliphatic rings. The third kappa shape index (κ3) is 4.57. The number of hydrogen-bond donors (Lipinski definition) is 0. The van der Waals surface area contributed by atoms with Gasteiger partial charge >= 0.3 is 0 Å². The Kier molecular flexibility index (Phi) is 5.42. The van der Waals surface area contributed by atoms with Crippen LogP contribution in [0, 0.1) is 0 Å². The van der Waals surface area contributed by atoms with Crippen molar-refractivity contribution in [2.24, 2.45) is 0 Å². The first-order valence-electron chi connectivity index (χ1n) is 8.44. The van der Waals surface area contributed by atoms with Gasteiger partial charge in [0.15, 0.2) is 0 Å². The fourth-order valence-corrected chi connectivity index (χ4v) is 2.53. The second kappa shape index (κ2) is 8.12. The second-order valence-corrected chi connectivity index (χ2v) is 5.84. The van der Waals surface area contributed by atoms with E-state index in [1.54, 1.807) is 0 Å². The Labute approximate surface area is 144 Å². The van der Waals surface area contributed by atoms with Crippen LogP contribution in [0.1, 0.15) is 34.7 Å². The average Bonchev–Trinajstić information content (AvgIpc) is 2.67. The molecule has 118 valence electrons. The van der Waals surface area contributed by atoms with Crippen molar-refractivity contribution in [2.45, 2.75) is 13.3 Å². The minimum absolute atomic E-state index is 1.09. The number of hydrogen-bond acceptors (Lipinski definition) is 0. The van der Waals surface area contributed by atoms with E-state index in [4.69, 9.17) is 0 Å². The van der Waals surface area contributed by atoms with Crippen molar-refractivity contribution in [2.75, 3.05) is 0 Å². The van der Waals surface area contributed by atoms with Gasteiger partial charge in [0, 0.05) is 0 Å². The molecule has 0 saturated heterocycles. The Balaban J connectivity index is 1.65. The number of rotatable bonds is 5. The lowest BCUT2D eigenvalue weighted by molar-refractivity contribution is 1.14. The van der Waals surface area contributed by atoms with Crippen molar-refractivity contribution in [3.63, 3.8) is 0 Å². The topological polar surface area (TPSA) is 0 Å². The maximum absolute atomic E-state index is 2.19. The fourth-order valence-electron chi connectivity index (χ4n) is 2.53. The van der Waals surface area contributed by atoms with E-state index >= 15 is 0 Å². The van der Waals surface area contributed by atoms with Crippen LogP contribution in [0.4, 0.5) is 0 Å². The van der Waals surface area contributed by atoms with Gasteiger partial charge in [0.1, 0.15) is 0 Å². The summed E-state index contributed by atoms with van der Waals surface area (Å²) in [6, 6.07) is 27.7.